The fraction of sp³-hybridized carbons (Fsp3) is 0.600. The average Bonchev–Trinajstić information content (AvgIpc) is 2.73. The Hall–Kier alpha value is -1.02. The van der Waals surface area contributed by atoms with Gasteiger partial charge in [0.15, 0.2) is 0 Å². The molecule has 0 aromatic heterocycles. The van der Waals surface area contributed by atoms with E-state index in [1.807, 2.05) is 6.07 Å². The van der Waals surface area contributed by atoms with Gasteiger partial charge in [0.1, 0.15) is 5.75 Å². The highest BCUT2D eigenvalue weighted by molar-refractivity contribution is 5.29. The summed E-state index contributed by atoms with van der Waals surface area (Å²) in [5, 5.41) is 3.60. The highest BCUT2D eigenvalue weighted by Gasteiger charge is 2.27. The monoisotopic (exact) mass is 233 g/mol. The maximum absolute atomic E-state index is 5.67. The minimum atomic E-state index is 0.281. The van der Waals surface area contributed by atoms with Gasteiger partial charge < -0.3 is 10.1 Å². The highest BCUT2D eigenvalue weighted by Crippen LogP contribution is 2.25. The zero-order valence-corrected chi connectivity index (χ0v) is 11.0. The standard InChI is InChI=1S/C15H23NO/c1-3-10-17-14-7-4-6-13(11-14)12-15(2)8-5-9-16-15/h4,6-7,11,16H,3,5,8-10,12H2,1-2H3. The van der Waals surface area contributed by atoms with Crippen LogP contribution in [0.3, 0.4) is 0 Å². The van der Waals surface area contributed by atoms with E-state index in [9.17, 15) is 0 Å². The van der Waals surface area contributed by atoms with Crippen LogP contribution in [0, 0.1) is 0 Å². The normalized spacial score (nSPS) is 23.9. The van der Waals surface area contributed by atoms with Crippen molar-refractivity contribution in [2.24, 2.45) is 0 Å². The Kier molecular flexibility index (Phi) is 4.06. The van der Waals surface area contributed by atoms with E-state index < -0.39 is 0 Å². The molecular formula is C15H23NO. The molecule has 1 fully saturated rings. The van der Waals surface area contributed by atoms with Gasteiger partial charge in [-0.3, -0.25) is 0 Å². The number of benzene rings is 1. The zero-order chi connectivity index (χ0) is 12.1. The van der Waals surface area contributed by atoms with Crippen molar-refractivity contribution in [2.45, 2.75) is 45.1 Å². The number of hydrogen-bond donors (Lipinski definition) is 1. The lowest BCUT2D eigenvalue weighted by Gasteiger charge is -2.24. The Morgan fingerprint density at radius 1 is 1.41 bits per heavy atom. The van der Waals surface area contributed by atoms with Crippen LogP contribution in [0.25, 0.3) is 0 Å². The molecule has 17 heavy (non-hydrogen) atoms. The Bertz CT molecular complexity index is 356. The first-order valence-electron chi connectivity index (χ1n) is 6.69. The maximum Gasteiger partial charge on any atom is 0.119 e. The molecule has 1 saturated heterocycles. The molecule has 2 nitrogen and oxygen atoms in total. The summed E-state index contributed by atoms with van der Waals surface area (Å²) in [6.07, 6.45) is 4.72. The van der Waals surface area contributed by atoms with Gasteiger partial charge in [-0.1, -0.05) is 19.1 Å². The first-order chi connectivity index (χ1) is 8.22. The van der Waals surface area contributed by atoms with E-state index >= 15 is 0 Å². The van der Waals surface area contributed by atoms with Crippen LogP contribution < -0.4 is 10.1 Å². The Labute approximate surface area is 104 Å². The molecule has 0 amide bonds. The molecule has 2 rings (SSSR count). The van der Waals surface area contributed by atoms with E-state index in [4.69, 9.17) is 4.74 Å². The lowest BCUT2D eigenvalue weighted by Crippen LogP contribution is -2.38. The van der Waals surface area contributed by atoms with E-state index in [0.29, 0.717) is 0 Å². The maximum atomic E-state index is 5.67. The molecule has 1 aromatic carbocycles. The summed E-state index contributed by atoms with van der Waals surface area (Å²) >= 11 is 0. The van der Waals surface area contributed by atoms with E-state index in [-0.39, 0.29) is 5.54 Å². The van der Waals surface area contributed by atoms with Crippen molar-refractivity contribution < 1.29 is 4.74 Å². The van der Waals surface area contributed by atoms with Crippen LogP contribution in [0.2, 0.25) is 0 Å². The van der Waals surface area contributed by atoms with E-state index in [1.54, 1.807) is 0 Å². The summed E-state index contributed by atoms with van der Waals surface area (Å²) in [7, 11) is 0. The van der Waals surface area contributed by atoms with Gasteiger partial charge in [0.2, 0.25) is 0 Å². The molecule has 0 spiro atoms. The van der Waals surface area contributed by atoms with Crippen LogP contribution in [-0.4, -0.2) is 18.7 Å². The minimum Gasteiger partial charge on any atom is -0.494 e. The number of nitrogens with one attached hydrogen (secondary N) is 1. The lowest BCUT2D eigenvalue weighted by molar-refractivity contribution is 0.316. The largest absolute Gasteiger partial charge is 0.494 e. The summed E-state index contributed by atoms with van der Waals surface area (Å²) < 4.78 is 5.67. The Morgan fingerprint density at radius 3 is 3.00 bits per heavy atom. The molecule has 1 N–H and O–H groups in total. The second kappa shape index (κ2) is 5.54. The third-order valence-electron chi connectivity index (χ3n) is 3.42. The predicted octanol–water partition coefficient (Wildman–Crippen LogP) is 3.16. The molecule has 1 aromatic rings. The van der Waals surface area contributed by atoms with E-state index in [2.05, 4.69) is 37.4 Å². The van der Waals surface area contributed by atoms with Gasteiger partial charge in [0.05, 0.1) is 6.61 Å². The van der Waals surface area contributed by atoms with E-state index in [1.165, 1.54) is 18.4 Å². The molecule has 1 unspecified atom stereocenters. The molecule has 0 saturated carbocycles. The van der Waals surface area contributed by atoms with Gasteiger partial charge in [0, 0.05) is 5.54 Å². The first kappa shape index (κ1) is 12.4. The number of rotatable bonds is 5. The summed E-state index contributed by atoms with van der Waals surface area (Å²) in [5.41, 5.74) is 1.65. The van der Waals surface area contributed by atoms with Crippen molar-refractivity contribution in [1.29, 1.82) is 0 Å². The number of hydrogen-bond acceptors (Lipinski definition) is 2. The van der Waals surface area contributed by atoms with Crippen molar-refractivity contribution >= 4 is 0 Å². The van der Waals surface area contributed by atoms with Crippen LogP contribution in [0.4, 0.5) is 0 Å². The minimum absolute atomic E-state index is 0.281. The van der Waals surface area contributed by atoms with Crippen LogP contribution >= 0.6 is 0 Å². The molecule has 0 bridgehead atoms. The van der Waals surface area contributed by atoms with Crippen LogP contribution in [-0.2, 0) is 6.42 Å². The summed E-state index contributed by atoms with van der Waals surface area (Å²) in [5.74, 6) is 1.01. The second-order valence-corrected chi connectivity index (χ2v) is 5.26. The van der Waals surface area contributed by atoms with Gasteiger partial charge in [-0.25, -0.2) is 0 Å². The predicted molar refractivity (Wildman–Crippen MR) is 71.6 cm³/mol. The van der Waals surface area contributed by atoms with Gasteiger partial charge in [0.25, 0.3) is 0 Å². The van der Waals surface area contributed by atoms with Gasteiger partial charge in [-0.2, -0.15) is 0 Å². The quantitative estimate of drug-likeness (QED) is 0.843. The van der Waals surface area contributed by atoms with Crippen molar-refractivity contribution in [3.8, 4) is 5.75 Å². The molecule has 1 heterocycles. The summed E-state index contributed by atoms with van der Waals surface area (Å²) in [6, 6.07) is 8.52. The summed E-state index contributed by atoms with van der Waals surface area (Å²) in [4.78, 5) is 0. The average molecular weight is 233 g/mol. The van der Waals surface area contributed by atoms with Gasteiger partial charge in [-0.05, 0) is 56.8 Å². The fourth-order valence-electron chi connectivity index (χ4n) is 2.52. The number of ether oxygens (including phenoxy) is 1. The molecule has 0 radical (unpaired) electrons. The third-order valence-corrected chi connectivity index (χ3v) is 3.42. The smallest absolute Gasteiger partial charge is 0.119 e. The molecule has 94 valence electrons. The highest BCUT2D eigenvalue weighted by atomic mass is 16.5. The molecular weight excluding hydrogens is 210 g/mol. The molecule has 2 heteroatoms. The molecule has 0 aliphatic carbocycles. The van der Waals surface area contributed by atoms with Crippen LogP contribution in [0.1, 0.15) is 38.7 Å². The van der Waals surface area contributed by atoms with Crippen molar-refractivity contribution in [1.82, 2.24) is 5.32 Å². The van der Waals surface area contributed by atoms with Gasteiger partial charge >= 0.3 is 0 Å². The second-order valence-electron chi connectivity index (χ2n) is 5.26. The van der Waals surface area contributed by atoms with Crippen LogP contribution in [0.15, 0.2) is 24.3 Å². The molecule has 1 atom stereocenters. The van der Waals surface area contributed by atoms with Crippen LogP contribution in [0.5, 0.6) is 5.75 Å². The molecule has 1 aliphatic heterocycles. The fourth-order valence-corrected chi connectivity index (χ4v) is 2.52. The Morgan fingerprint density at radius 2 is 2.29 bits per heavy atom. The van der Waals surface area contributed by atoms with E-state index in [0.717, 1.165) is 31.7 Å². The summed E-state index contributed by atoms with van der Waals surface area (Å²) in [6.45, 7) is 6.41. The van der Waals surface area contributed by atoms with Crippen molar-refractivity contribution in [3.05, 3.63) is 29.8 Å². The van der Waals surface area contributed by atoms with Crippen molar-refractivity contribution in [3.63, 3.8) is 0 Å². The SMILES string of the molecule is CCCOc1cccc(CC2(C)CCCN2)c1. The topological polar surface area (TPSA) is 21.3 Å². The van der Waals surface area contributed by atoms with Gasteiger partial charge in [-0.15, -0.1) is 0 Å². The lowest BCUT2D eigenvalue weighted by atomic mass is 9.91. The Balaban J connectivity index is 2.00. The third kappa shape index (κ3) is 3.47. The zero-order valence-electron chi connectivity index (χ0n) is 11.0. The first-order valence-corrected chi connectivity index (χ1v) is 6.69. The molecule has 1 aliphatic rings. The van der Waals surface area contributed by atoms with Crippen molar-refractivity contribution in [2.75, 3.05) is 13.2 Å².